The van der Waals surface area contributed by atoms with Crippen molar-refractivity contribution >= 4 is 22.8 Å². The Morgan fingerprint density at radius 3 is 2.65 bits per heavy atom. The molecule has 0 saturated heterocycles. The Labute approximate surface area is 154 Å². The number of benzene rings is 1. The van der Waals surface area contributed by atoms with Crippen LogP contribution in [0, 0.1) is 19.8 Å². The molecule has 0 atom stereocenters. The number of fused-ring (bicyclic) bond motifs is 1. The standard InChI is InChI=1S/C21H28N4O/c1-6-7-12-25-15(5)14(4)18(20(25)24-21(26)13(2)3)19-22-16-10-8-9-11-17(16)23-19/h8-11,13H,6-7,12H2,1-5H3,(H,22,23)(H,24,26). The van der Waals surface area contributed by atoms with Gasteiger partial charge in [0.15, 0.2) is 0 Å². The molecule has 0 spiro atoms. The minimum absolute atomic E-state index is 0.0256. The van der Waals surface area contributed by atoms with E-state index in [9.17, 15) is 4.79 Å². The fraction of sp³-hybridized carbons (Fsp3) is 0.429. The third-order valence-corrected chi connectivity index (χ3v) is 4.96. The fourth-order valence-electron chi connectivity index (χ4n) is 3.21. The molecule has 0 saturated carbocycles. The van der Waals surface area contributed by atoms with Crippen molar-refractivity contribution in [3.05, 3.63) is 35.5 Å². The van der Waals surface area contributed by atoms with Crippen molar-refractivity contribution in [3.63, 3.8) is 0 Å². The second kappa shape index (κ2) is 7.36. The lowest BCUT2D eigenvalue weighted by atomic mass is 10.1. The summed E-state index contributed by atoms with van der Waals surface area (Å²) in [5.41, 5.74) is 5.25. The third kappa shape index (κ3) is 3.26. The summed E-state index contributed by atoms with van der Waals surface area (Å²) in [7, 11) is 0. The quantitative estimate of drug-likeness (QED) is 0.652. The normalized spacial score (nSPS) is 11.5. The molecule has 2 heterocycles. The van der Waals surface area contributed by atoms with Crippen LogP contribution < -0.4 is 5.32 Å². The topological polar surface area (TPSA) is 62.7 Å². The highest BCUT2D eigenvalue weighted by Gasteiger charge is 2.23. The number of rotatable bonds is 6. The maximum atomic E-state index is 12.5. The Kier molecular flexibility index (Phi) is 5.16. The molecule has 0 fully saturated rings. The molecule has 0 bridgehead atoms. The molecule has 138 valence electrons. The van der Waals surface area contributed by atoms with Gasteiger partial charge in [-0.1, -0.05) is 39.3 Å². The van der Waals surface area contributed by atoms with E-state index in [4.69, 9.17) is 4.98 Å². The predicted molar refractivity (Wildman–Crippen MR) is 107 cm³/mol. The Balaban J connectivity index is 2.17. The lowest BCUT2D eigenvalue weighted by Crippen LogP contribution is -2.21. The lowest BCUT2D eigenvalue weighted by molar-refractivity contribution is -0.118. The van der Waals surface area contributed by atoms with Crippen molar-refractivity contribution in [2.45, 2.75) is 54.0 Å². The van der Waals surface area contributed by atoms with E-state index in [2.05, 4.69) is 35.6 Å². The van der Waals surface area contributed by atoms with E-state index >= 15 is 0 Å². The summed E-state index contributed by atoms with van der Waals surface area (Å²) < 4.78 is 2.22. The SMILES string of the molecule is CCCCn1c(C)c(C)c(-c2nc3ccccc3[nH]2)c1NC(=O)C(C)C. The van der Waals surface area contributed by atoms with Gasteiger partial charge in [0.05, 0.1) is 16.6 Å². The number of nitrogens with one attached hydrogen (secondary N) is 2. The summed E-state index contributed by atoms with van der Waals surface area (Å²) in [5.74, 6) is 1.61. The first kappa shape index (κ1) is 18.2. The van der Waals surface area contributed by atoms with Crippen LogP contribution in [0.3, 0.4) is 0 Å². The average Bonchev–Trinajstić information content (AvgIpc) is 3.13. The number of unbranched alkanes of at least 4 members (excludes halogenated alkanes) is 1. The van der Waals surface area contributed by atoms with Crippen molar-refractivity contribution < 1.29 is 4.79 Å². The Morgan fingerprint density at radius 2 is 2.00 bits per heavy atom. The van der Waals surface area contributed by atoms with Crippen LogP contribution in [0.1, 0.15) is 44.9 Å². The zero-order chi connectivity index (χ0) is 18.8. The second-order valence-electron chi connectivity index (χ2n) is 7.19. The van der Waals surface area contributed by atoms with E-state index < -0.39 is 0 Å². The van der Waals surface area contributed by atoms with Crippen LogP contribution in [-0.2, 0) is 11.3 Å². The molecule has 0 unspecified atom stereocenters. The first-order chi connectivity index (χ1) is 12.4. The fourth-order valence-corrected chi connectivity index (χ4v) is 3.21. The lowest BCUT2D eigenvalue weighted by Gasteiger charge is -2.14. The summed E-state index contributed by atoms with van der Waals surface area (Å²) >= 11 is 0. The summed E-state index contributed by atoms with van der Waals surface area (Å²) in [6.45, 7) is 11.1. The number of carbonyl (C=O) groups excluding carboxylic acids is 1. The molecule has 0 aliphatic carbocycles. The first-order valence-electron chi connectivity index (χ1n) is 9.39. The molecule has 5 heteroatoms. The van der Waals surface area contributed by atoms with Gasteiger partial charge in [0.25, 0.3) is 0 Å². The number of hydrogen-bond acceptors (Lipinski definition) is 2. The minimum Gasteiger partial charge on any atom is -0.338 e. The van der Waals surface area contributed by atoms with Crippen LogP contribution in [0.2, 0.25) is 0 Å². The van der Waals surface area contributed by atoms with Gasteiger partial charge in [0, 0.05) is 18.2 Å². The van der Waals surface area contributed by atoms with Gasteiger partial charge in [-0.2, -0.15) is 0 Å². The van der Waals surface area contributed by atoms with Crippen molar-refractivity contribution in [1.82, 2.24) is 14.5 Å². The maximum absolute atomic E-state index is 12.5. The molecule has 0 aliphatic rings. The number of hydrogen-bond donors (Lipinski definition) is 2. The number of imidazole rings is 1. The zero-order valence-corrected chi connectivity index (χ0v) is 16.3. The van der Waals surface area contributed by atoms with Crippen LogP contribution in [0.15, 0.2) is 24.3 Å². The number of anilines is 1. The third-order valence-electron chi connectivity index (χ3n) is 4.96. The second-order valence-corrected chi connectivity index (χ2v) is 7.19. The number of amides is 1. The van der Waals surface area contributed by atoms with E-state index in [-0.39, 0.29) is 11.8 Å². The Morgan fingerprint density at radius 1 is 1.27 bits per heavy atom. The summed E-state index contributed by atoms with van der Waals surface area (Å²) in [6, 6.07) is 8.00. The number of H-pyrrole nitrogens is 1. The molecular formula is C21H28N4O. The molecule has 5 nitrogen and oxygen atoms in total. The van der Waals surface area contributed by atoms with E-state index in [0.29, 0.717) is 0 Å². The van der Waals surface area contributed by atoms with Crippen molar-refractivity contribution in [2.75, 3.05) is 5.32 Å². The number of nitrogens with zero attached hydrogens (tertiary/aromatic N) is 2. The van der Waals surface area contributed by atoms with Crippen molar-refractivity contribution in [3.8, 4) is 11.4 Å². The van der Waals surface area contributed by atoms with Gasteiger partial charge in [-0.25, -0.2) is 4.98 Å². The number of carbonyl (C=O) groups is 1. The average molecular weight is 352 g/mol. The molecule has 1 aromatic carbocycles. The molecule has 2 aromatic heterocycles. The largest absolute Gasteiger partial charge is 0.338 e. The van der Waals surface area contributed by atoms with E-state index in [1.807, 2.05) is 38.1 Å². The molecule has 2 N–H and O–H groups in total. The highest BCUT2D eigenvalue weighted by molar-refractivity contribution is 5.96. The van der Waals surface area contributed by atoms with Gasteiger partial charge in [0.1, 0.15) is 11.6 Å². The summed E-state index contributed by atoms with van der Waals surface area (Å²) in [4.78, 5) is 20.6. The number of aromatic amines is 1. The van der Waals surface area contributed by atoms with Crippen molar-refractivity contribution in [1.29, 1.82) is 0 Å². The van der Waals surface area contributed by atoms with E-state index in [1.165, 1.54) is 5.69 Å². The summed E-state index contributed by atoms with van der Waals surface area (Å²) in [6.07, 6.45) is 2.17. The van der Waals surface area contributed by atoms with Crippen LogP contribution in [0.5, 0.6) is 0 Å². The number of aromatic nitrogens is 3. The highest BCUT2D eigenvalue weighted by atomic mass is 16.1. The van der Waals surface area contributed by atoms with Crippen LogP contribution in [0.25, 0.3) is 22.4 Å². The van der Waals surface area contributed by atoms with Crippen LogP contribution in [-0.4, -0.2) is 20.4 Å². The molecule has 3 rings (SSSR count). The molecule has 0 radical (unpaired) electrons. The van der Waals surface area contributed by atoms with Crippen LogP contribution in [0.4, 0.5) is 5.82 Å². The van der Waals surface area contributed by atoms with Crippen LogP contribution >= 0.6 is 0 Å². The maximum Gasteiger partial charge on any atom is 0.228 e. The van der Waals surface area contributed by atoms with E-state index in [1.54, 1.807) is 0 Å². The predicted octanol–water partition coefficient (Wildman–Crippen LogP) is 5.04. The number of para-hydroxylation sites is 2. The van der Waals surface area contributed by atoms with E-state index in [0.717, 1.165) is 53.2 Å². The summed E-state index contributed by atoms with van der Waals surface area (Å²) in [5, 5.41) is 3.16. The monoisotopic (exact) mass is 352 g/mol. The zero-order valence-electron chi connectivity index (χ0n) is 16.3. The molecular weight excluding hydrogens is 324 g/mol. The minimum atomic E-state index is -0.0753. The molecule has 26 heavy (non-hydrogen) atoms. The van der Waals surface area contributed by atoms with Gasteiger partial charge < -0.3 is 14.9 Å². The Bertz CT molecular complexity index is 900. The molecule has 1 amide bonds. The van der Waals surface area contributed by atoms with Gasteiger partial charge in [-0.15, -0.1) is 0 Å². The van der Waals surface area contributed by atoms with Gasteiger partial charge >= 0.3 is 0 Å². The van der Waals surface area contributed by atoms with Gasteiger partial charge in [0.2, 0.25) is 5.91 Å². The molecule has 0 aliphatic heterocycles. The van der Waals surface area contributed by atoms with Gasteiger partial charge in [-0.05, 0) is 38.0 Å². The first-order valence-corrected chi connectivity index (χ1v) is 9.39. The highest BCUT2D eigenvalue weighted by Crippen LogP contribution is 2.36. The van der Waals surface area contributed by atoms with Gasteiger partial charge in [-0.3, -0.25) is 4.79 Å². The Hall–Kier alpha value is -2.56. The smallest absolute Gasteiger partial charge is 0.228 e. The molecule has 3 aromatic rings. The van der Waals surface area contributed by atoms with Crippen molar-refractivity contribution in [2.24, 2.45) is 5.92 Å².